The molecule has 1 amide bonds. The maximum Gasteiger partial charge on any atom is 0.237 e. The van der Waals surface area contributed by atoms with Crippen LogP contribution in [-0.2, 0) is 4.79 Å². The van der Waals surface area contributed by atoms with Crippen molar-refractivity contribution in [2.75, 3.05) is 11.1 Å². The van der Waals surface area contributed by atoms with Crippen molar-refractivity contribution in [1.29, 1.82) is 0 Å². The number of hydrogen-bond donors (Lipinski definition) is 1. The Labute approximate surface area is 106 Å². The van der Waals surface area contributed by atoms with Gasteiger partial charge in [0.15, 0.2) is 0 Å². The number of carbonyl (C=O) groups is 1. The summed E-state index contributed by atoms with van der Waals surface area (Å²) >= 11 is 4.94. The molecule has 1 N–H and O–H groups in total. The molecule has 0 saturated carbocycles. The summed E-state index contributed by atoms with van der Waals surface area (Å²) in [6, 6.07) is 4.26. The second-order valence-electron chi connectivity index (χ2n) is 3.62. The van der Waals surface area contributed by atoms with E-state index >= 15 is 0 Å². The standard InChI is InChI=1S/C11H11BrFNOS/c12-8-4-3-7(13)6-9(8)14-11(15)10-2-1-5-16-10/h3-4,6,10H,1-2,5H2,(H,14,15). The van der Waals surface area contributed by atoms with Gasteiger partial charge in [-0.1, -0.05) is 0 Å². The van der Waals surface area contributed by atoms with Crippen LogP contribution < -0.4 is 5.32 Å². The van der Waals surface area contributed by atoms with Crippen LogP contribution in [0.3, 0.4) is 0 Å². The number of carbonyl (C=O) groups excluding carboxylic acids is 1. The summed E-state index contributed by atoms with van der Waals surface area (Å²) in [6.45, 7) is 0. The van der Waals surface area contributed by atoms with Gasteiger partial charge in [0.2, 0.25) is 5.91 Å². The predicted molar refractivity (Wildman–Crippen MR) is 68.2 cm³/mol. The Morgan fingerprint density at radius 1 is 1.56 bits per heavy atom. The van der Waals surface area contributed by atoms with Crippen molar-refractivity contribution in [3.8, 4) is 0 Å². The number of thioether (sulfide) groups is 1. The van der Waals surface area contributed by atoms with Crippen molar-refractivity contribution in [3.05, 3.63) is 28.5 Å². The fourth-order valence-electron chi connectivity index (χ4n) is 1.59. The first-order valence-corrected chi connectivity index (χ1v) is 6.88. The smallest absolute Gasteiger partial charge is 0.237 e. The van der Waals surface area contributed by atoms with Crippen LogP contribution in [0.2, 0.25) is 0 Å². The third-order valence-electron chi connectivity index (χ3n) is 2.41. The molecule has 1 unspecified atom stereocenters. The maximum atomic E-state index is 13.0. The highest BCUT2D eigenvalue weighted by molar-refractivity contribution is 9.10. The molecule has 0 radical (unpaired) electrons. The number of rotatable bonds is 2. The zero-order chi connectivity index (χ0) is 11.5. The van der Waals surface area contributed by atoms with Crippen LogP contribution in [-0.4, -0.2) is 16.9 Å². The highest BCUT2D eigenvalue weighted by atomic mass is 79.9. The minimum atomic E-state index is -0.349. The van der Waals surface area contributed by atoms with E-state index in [4.69, 9.17) is 0 Å². The summed E-state index contributed by atoms with van der Waals surface area (Å²) < 4.78 is 13.7. The quantitative estimate of drug-likeness (QED) is 0.907. The fraction of sp³-hybridized carbons (Fsp3) is 0.364. The number of benzene rings is 1. The minimum Gasteiger partial charge on any atom is -0.324 e. The van der Waals surface area contributed by atoms with Crippen molar-refractivity contribution >= 4 is 39.3 Å². The summed E-state index contributed by atoms with van der Waals surface area (Å²) in [6.07, 6.45) is 1.98. The molecule has 0 bridgehead atoms. The maximum absolute atomic E-state index is 13.0. The van der Waals surface area contributed by atoms with Crippen molar-refractivity contribution in [2.45, 2.75) is 18.1 Å². The Balaban J connectivity index is 2.07. The summed E-state index contributed by atoms with van der Waals surface area (Å²) in [7, 11) is 0. The Bertz CT molecular complexity index is 407. The third-order valence-corrected chi connectivity index (χ3v) is 4.48. The molecule has 2 nitrogen and oxygen atoms in total. The topological polar surface area (TPSA) is 29.1 Å². The minimum absolute atomic E-state index is 0.00941. The molecule has 86 valence electrons. The third kappa shape index (κ3) is 2.77. The molecule has 0 spiro atoms. The molecule has 1 aromatic carbocycles. The van der Waals surface area contributed by atoms with Gasteiger partial charge in [-0.25, -0.2) is 4.39 Å². The first-order chi connectivity index (χ1) is 7.66. The molecular weight excluding hydrogens is 293 g/mol. The molecule has 1 fully saturated rings. The van der Waals surface area contributed by atoms with Crippen molar-refractivity contribution < 1.29 is 9.18 Å². The Morgan fingerprint density at radius 3 is 3.06 bits per heavy atom. The number of anilines is 1. The Kier molecular flexibility index (Phi) is 3.86. The highest BCUT2D eigenvalue weighted by Gasteiger charge is 2.23. The van der Waals surface area contributed by atoms with Crippen LogP contribution in [0.4, 0.5) is 10.1 Å². The Morgan fingerprint density at radius 2 is 2.38 bits per heavy atom. The largest absolute Gasteiger partial charge is 0.324 e. The molecule has 1 atom stereocenters. The van der Waals surface area contributed by atoms with Crippen molar-refractivity contribution in [3.63, 3.8) is 0 Å². The van der Waals surface area contributed by atoms with Gasteiger partial charge < -0.3 is 5.32 Å². The number of halogens is 2. The lowest BCUT2D eigenvalue weighted by Crippen LogP contribution is -2.23. The number of amides is 1. The lowest BCUT2D eigenvalue weighted by Gasteiger charge is -2.11. The van der Waals surface area contributed by atoms with Crippen LogP contribution in [0.15, 0.2) is 22.7 Å². The van der Waals surface area contributed by atoms with Gasteiger partial charge in [0.05, 0.1) is 10.9 Å². The van der Waals surface area contributed by atoms with Gasteiger partial charge in [-0.3, -0.25) is 4.79 Å². The predicted octanol–water partition coefficient (Wildman–Crippen LogP) is 3.42. The van der Waals surface area contributed by atoms with Crippen molar-refractivity contribution in [2.24, 2.45) is 0 Å². The van der Waals surface area contributed by atoms with E-state index in [0.29, 0.717) is 10.2 Å². The SMILES string of the molecule is O=C(Nc1cc(F)ccc1Br)C1CCCS1. The molecule has 2 rings (SSSR count). The highest BCUT2D eigenvalue weighted by Crippen LogP contribution is 2.29. The second-order valence-corrected chi connectivity index (χ2v) is 5.78. The summed E-state index contributed by atoms with van der Waals surface area (Å²) in [5.41, 5.74) is 0.498. The van der Waals surface area contributed by atoms with Gasteiger partial charge in [0, 0.05) is 4.47 Å². The Hall–Kier alpha value is -0.550. The van der Waals surface area contributed by atoms with Crippen molar-refractivity contribution in [1.82, 2.24) is 0 Å². The van der Waals surface area contributed by atoms with Gasteiger partial charge in [0.1, 0.15) is 5.82 Å². The lowest BCUT2D eigenvalue weighted by atomic mass is 10.2. The second kappa shape index (κ2) is 5.19. The van der Waals surface area contributed by atoms with Gasteiger partial charge in [-0.15, -0.1) is 11.8 Å². The molecule has 1 aliphatic rings. The monoisotopic (exact) mass is 303 g/mol. The van der Waals surface area contributed by atoms with E-state index in [1.54, 1.807) is 17.8 Å². The lowest BCUT2D eigenvalue weighted by molar-refractivity contribution is -0.115. The fourth-order valence-corrected chi connectivity index (χ4v) is 3.10. The molecule has 1 heterocycles. The summed E-state index contributed by atoms with van der Waals surface area (Å²) in [5.74, 6) is 0.647. The van der Waals surface area contributed by atoms with E-state index in [1.165, 1.54) is 12.1 Å². The van der Waals surface area contributed by atoms with Gasteiger partial charge in [0.25, 0.3) is 0 Å². The van der Waals surface area contributed by atoms with Crippen LogP contribution in [0, 0.1) is 5.82 Å². The zero-order valence-electron chi connectivity index (χ0n) is 8.50. The molecule has 16 heavy (non-hydrogen) atoms. The molecule has 0 aliphatic carbocycles. The zero-order valence-corrected chi connectivity index (χ0v) is 10.9. The van der Waals surface area contributed by atoms with E-state index < -0.39 is 0 Å². The van der Waals surface area contributed by atoms with Gasteiger partial charge in [-0.2, -0.15) is 0 Å². The molecule has 5 heteroatoms. The van der Waals surface area contributed by atoms with E-state index in [2.05, 4.69) is 21.2 Å². The average Bonchev–Trinajstić information content (AvgIpc) is 2.76. The van der Waals surface area contributed by atoms with E-state index in [0.717, 1.165) is 18.6 Å². The number of nitrogens with one attached hydrogen (secondary N) is 1. The molecule has 1 aliphatic heterocycles. The summed E-state index contributed by atoms with van der Waals surface area (Å²) in [4.78, 5) is 11.8. The summed E-state index contributed by atoms with van der Waals surface area (Å²) in [5, 5.41) is 2.76. The van der Waals surface area contributed by atoms with Crippen LogP contribution >= 0.6 is 27.7 Å². The first-order valence-electron chi connectivity index (χ1n) is 5.04. The van der Waals surface area contributed by atoms with E-state index in [9.17, 15) is 9.18 Å². The molecule has 0 aromatic heterocycles. The molecule has 1 aromatic rings. The molecule has 1 saturated heterocycles. The normalized spacial score (nSPS) is 19.8. The van der Waals surface area contributed by atoms with Gasteiger partial charge >= 0.3 is 0 Å². The van der Waals surface area contributed by atoms with Crippen LogP contribution in [0.25, 0.3) is 0 Å². The van der Waals surface area contributed by atoms with Crippen LogP contribution in [0.1, 0.15) is 12.8 Å². The first kappa shape index (κ1) is 11.9. The van der Waals surface area contributed by atoms with E-state index in [-0.39, 0.29) is 17.0 Å². The van der Waals surface area contributed by atoms with Crippen LogP contribution in [0.5, 0.6) is 0 Å². The number of hydrogen-bond acceptors (Lipinski definition) is 2. The van der Waals surface area contributed by atoms with E-state index in [1.807, 2.05) is 0 Å². The van der Waals surface area contributed by atoms with Gasteiger partial charge in [-0.05, 0) is 52.7 Å². The average molecular weight is 304 g/mol. The molecular formula is C11H11BrFNOS.